The van der Waals surface area contributed by atoms with Crippen LogP contribution in [0.2, 0.25) is 0 Å². The third-order valence-electron chi connectivity index (χ3n) is 1.58. The van der Waals surface area contributed by atoms with Crippen LogP contribution in [0.3, 0.4) is 0 Å². The molecule has 1 rings (SSSR count). The van der Waals surface area contributed by atoms with Gasteiger partial charge in [0.2, 0.25) is 0 Å². The fourth-order valence-electron chi connectivity index (χ4n) is 1.05. The lowest BCUT2D eigenvalue weighted by molar-refractivity contribution is 0.460. The van der Waals surface area contributed by atoms with Crippen LogP contribution in [0, 0.1) is 0 Å². The normalized spacial score (nSPS) is 19.1. The number of rotatable bonds is 0. The van der Waals surface area contributed by atoms with Gasteiger partial charge in [0.15, 0.2) is 0 Å². The SMILES string of the molecule is CC.CC.CC1(C)CCCN1. The molecule has 1 saturated heterocycles. The Morgan fingerprint density at radius 3 is 1.55 bits per heavy atom. The molecule has 70 valence electrons. The van der Waals surface area contributed by atoms with Crippen molar-refractivity contribution in [3.05, 3.63) is 0 Å². The summed E-state index contributed by atoms with van der Waals surface area (Å²) in [5, 5.41) is 3.40. The molecular weight excluding hydrogens is 134 g/mol. The molecule has 1 heteroatoms. The summed E-state index contributed by atoms with van der Waals surface area (Å²) in [6.07, 6.45) is 2.69. The molecule has 0 aromatic carbocycles. The maximum absolute atomic E-state index is 3.40. The van der Waals surface area contributed by atoms with Crippen LogP contribution < -0.4 is 5.32 Å². The Hall–Kier alpha value is -0.0400. The van der Waals surface area contributed by atoms with Crippen molar-refractivity contribution in [2.45, 2.75) is 59.9 Å². The summed E-state index contributed by atoms with van der Waals surface area (Å²) >= 11 is 0. The van der Waals surface area contributed by atoms with Crippen LogP contribution in [0.5, 0.6) is 0 Å². The van der Waals surface area contributed by atoms with E-state index in [9.17, 15) is 0 Å². The molecule has 1 aliphatic rings. The van der Waals surface area contributed by atoms with Crippen molar-refractivity contribution in [3.8, 4) is 0 Å². The lowest BCUT2D eigenvalue weighted by Gasteiger charge is -2.15. The maximum Gasteiger partial charge on any atom is 0.0125 e. The molecular formula is C10H25N. The summed E-state index contributed by atoms with van der Waals surface area (Å²) < 4.78 is 0. The summed E-state index contributed by atoms with van der Waals surface area (Å²) in [7, 11) is 0. The van der Waals surface area contributed by atoms with Gasteiger partial charge >= 0.3 is 0 Å². The molecule has 1 aliphatic heterocycles. The first-order valence-corrected chi connectivity index (χ1v) is 4.96. The minimum atomic E-state index is 0.444. The number of nitrogens with one attached hydrogen (secondary N) is 1. The Morgan fingerprint density at radius 2 is 1.45 bits per heavy atom. The van der Waals surface area contributed by atoms with Crippen molar-refractivity contribution in [1.29, 1.82) is 0 Å². The third kappa shape index (κ3) is 7.86. The van der Waals surface area contributed by atoms with Gasteiger partial charge in [-0.15, -0.1) is 0 Å². The molecule has 1 N–H and O–H groups in total. The first-order chi connectivity index (χ1) is 5.21. The van der Waals surface area contributed by atoms with Gasteiger partial charge in [0, 0.05) is 5.54 Å². The summed E-state index contributed by atoms with van der Waals surface area (Å²) in [5.41, 5.74) is 0.444. The first-order valence-electron chi connectivity index (χ1n) is 4.96. The van der Waals surface area contributed by atoms with E-state index in [0.717, 1.165) is 0 Å². The van der Waals surface area contributed by atoms with Gasteiger partial charge in [0.05, 0.1) is 0 Å². The molecule has 0 aromatic heterocycles. The number of hydrogen-bond donors (Lipinski definition) is 1. The van der Waals surface area contributed by atoms with E-state index in [4.69, 9.17) is 0 Å². The molecule has 1 fully saturated rings. The number of hydrogen-bond acceptors (Lipinski definition) is 1. The van der Waals surface area contributed by atoms with E-state index in [1.54, 1.807) is 0 Å². The van der Waals surface area contributed by atoms with Gasteiger partial charge in [-0.1, -0.05) is 27.7 Å². The molecule has 0 amide bonds. The Labute approximate surface area is 72.6 Å². The van der Waals surface area contributed by atoms with Crippen molar-refractivity contribution >= 4 is 0 Å². The van der Waals surface area contributed by atoms with E-state index in [1.165, 1.54) is 19.4 Å². The van der Waals surface area contributed by atoms with E-state index in [1.807, 2.05) is 27.7 Å². The molecule has 0 atom stereocenters. The molecule has 0 radical (unpaired) electrons. The summed E-state index contributed by atoms with van der Waals surface area (Å²) in [4.78, 5) is 0. The standard InChI is InChI=1S/C6H13N.2C2H6/c1-6(2)4-3-5-7-6;2*1-2/h7H,3-5H2,1-2H3;2*1-2H3. The van der Waals surface area contributed by atoms with Crippen LogP contribution in [0.1, 0.15) is 54.4 Å². The predicted molar refractivity (Wildman–Crippen MR) is 54.0 cm³/mol. The average Bonchev–Trinajstić information content (AvgIpc) is 2.43. The highest BCUT2D eigenvalue weighted by Gasteiger charge is 2.20. The molecule has 0 aliphatic carbocycles. The monoisotopic (exact) mass is 159 g/mol. The van der Waals surface area contributed by atoms with Crippen LogP contribution in [-0.4, -0.2) is 12.1 Å². The van der Waals surface area contributed by atoms with Gasteiger partial charge in [0.1, 0.15) is 0 Å². The van der Waals surface area contributed by atoms with Crippen LogP contribution in [0.25, 0.3) is 0 Å². The minimum Gasteiger partial charge on any atom is -0.312 e. The van der Waals surface area contributed by atoms with Crippen LogP contribution >= 0.6 is 0 Å². The molecule has 0 saturated carbocycles. The van der Waals surface area contributed by atoms with Gasteiger partial charge < -0.3 is 5.32 Å². The third-order valence-corrected chi connectivity index (χ3v) is 1.58. The van der Waals surface area contributed by atoms with E-state index in [-0.39, 0.29) is 0 Å². The molecule has 0 unspecified atom stereocenters. The van der Waals surface area contributed by atoms with Crippen molar-refractivity contribution in [3.63, 3.8) is 0 Å². The van der Waals surface area contributed by atoms with Gasteiger partial charge in [-0.3, -0.25) is 0 Å². The summed E-state index contributed by atoms with van der Waals surface area (Å²) in [5.74, 6) is 0. The van der Waals surface area contributed by atoms with Crippen molar-refractivity contribution in [2.24, 2.45) is 0 Å². The highest BCUT2D eigenvalue weighted by molar-refractivity contribution is 4.82. The smallest absolute Gasteiger partial charge is 0.0125 e. The molecule has 1 nitrogen and oxygen atoms in total. The second kappa shape index (κ2) is 8.06. The summed E-state index contributed by atoms with van der Waals surface area (Å²) in [6.45, 7) is 13.7. The Bertz CT molecular complexity index is 59.3. The van der Waals surface area contributed by atoms with Gasteiger partial charge in [0.25, 0.3) is 0 Å². The minimum absolute atomic E-state index is 0.444. The van der Waals surface area contributed by atoms with Crippen molar-refractivity contribution < 1.29 is 0 Å². The lowest BCUT2D eigenvalue weighted by atomic mass is 10.0. The van der Waals surface area contributed by atoms with Crippen LogP contribution in [0.15, 0.2) is 0 Å². The molecule has 0 bridgehead atoms. The van der Waals surface area contributed by atoms with E-state index in [2.05, 4.69) is 19.2 Å². The fraction of sp³-hybridized carbons (Fsp3) is 1.00. The van der Waals surface area contributed by atoms with E-state index in [0.29, 0.717) is 5.54 Å². The predicted octanol–water partition coefficient (Wildman–Crippen LogP) is 3.20. The Morgan fingerprint density at radius 1 is 1.00 bits per heavy atom. The zero-order chi connectivity index (χ0) is 9.33. The van der Waals surface area contributed by atoms with Crippen LogP contribution in [-0.2, 0) is 0 Å². The molecule has 0 spiro atoms. The van der Waals surface area contributed by atoms with Crippen molar-refractivity contribution in [1.82, 2.24) is 5.32 Å². The van der Waals surface area contributed by atoms with E-state index >= 15 is 0 Å². The van der Waals surface area contributed by atoms with Gasteiger partial charge in [-0.2, -0.15) is 0 Å². The quantitative estimate of drug-likeness (QED) is 0.572. The highest BCUT2D eigenvalue weighted by atomic mass is 15.0. The van der Waals surface area contributed by atoms with Crippen LogP contribution in [0.4, 0.5) is 0 Å². The first kappa shape index (κ1) is 13.5. The van der Waals surface area contributed by atoms with E-state index < -0.39 is 0 Å². The Balaban J connectivity index is 0. The summed E-state index contributed by atoms with van der Waals surface area (Å²) in [6, 6.07) is 0. The topological polar surface area (TPSA) is 12.0 Å². The molecule has 1 heterocycles. The highest BCUT2D eigenvalue weighted by Crippen LogP contribution is 2.15. The molecule has 0 aromatic rings. The zero-order valence-electron chi connectivity index (χ0n) is 9.12. The van der Waals surface area contributed by atoms with Gasteiger partial charge in [-0.25, -0.2) is 0 Å². The van der Waals surface area contributed by atoms with Crippen molar-refractivity contribution in [2.75, 3.05) is 6.54 Å². The second-order valence-electron chi connectivity index (χ2n) is 2.91. The zero-order valence-corrected chi connectivity index (χ0v) is 9.12. The second-order valence-corrected chi connectivity index (χ2v) is 2.91. The maximum atomic E-state index is 3.40. The van der Waals surface area contributed by atoms with Gasteiger partial charge in [-0.05, 0) is 33.2 Å². The largest absolute Gasteiger partial charge is 0.312 e. The average molecular weight is 159 g/mol. The lowest BCUT2D eigenvalue weighted by Crippen LogP contribution is -2.31. The fourth-order valence-corrected chi connectivity index (χ4v) is 1.05. The molecule has 11 heavy (non-hydrogen) atoms. The Kier molecular flexibility index (Phi) is 9.92.